The van der Waals surface area contributed by atoms with Crippen molar-refractivity contribution in [1.29, 1.82) is 0 Å². The van der Waals surface area contributed by atoms with Gasteiger partial charge in [-0.05, 0) is 22.6 Å². The van der Waals surface area contributed by atoms with E-state index in [1.807, 2.05) is 0 Å². The third-order valence-electron chi connectivity index (χ3n) is 2.53. The molecule has 1 heterocycles. The molecule has 0 radical (unpaired) electrons. The van der Waals surface area contributed by atoms with Crippen molar-refractivity contribution in [2.75, 3.05) is 0 Å². The van der Waals surface area contributed by atoms with Gasteiger partial charge in [0.15, 0.2) is 0 Å². The highest BCUT2D eigenvalue weighted by Gasteiger charge is 2.91. The number of halogens is 15. The Balaban J connectivity index is 3.73. The van der Waals surface area contributed by atoms with E-state index in [0.29, 0.717) is 0 Å². The zero-order valence-corrected chi connectivity index (χ0v) is 12.2. The Morgan fingerprint density at radius 1 is 0.667 bits per heavy atom. The highest BCUT2D eigenvalue weighted by atomic mass is 127. The quantitative estimate of drug-likeness (QED) is 0.227. The standard InChI is InChI=1S/C7F14INO/c8-1(22,2(9,10)11)3(12,13)23-4(14,15)6(18,19)24-7(20,21)5(23,16)17. The maximum absolute atomic E-state index is 13.4. The molecule has 1 atom stereocenters. The van der Waals surface area contributed by atoms with Crippen LogP contribution in [0.4, 0.5) is 61.5 Å². The second-order valence-corrected chi connectivity index (χ2v) is 5.65. The minimum Gasteiger partial charge on any atom is -0.243 e. The number of morpholine rings is 1. The molecule has 0 spiro atoms. The molecule has 1 rings (SSSR count). The molecule has 0 saturated carbocycles. The van der Waals surface area contributed by atoms with E-state index in [9.17, 15) is 61.5 Å². The van der Waals surface area contributed by atoms with Gasteiger partial charge >= 0.3 is 40.2 Å². The minimum atomic E-state index is -7.28. The second-order valence-electron chi connectivity index (χ2n) is 4.17. The Morgan fingerprint density at radius 2 is 0.958 bits per heavy atom. The Labute approximate surface area is 134 Å². The molecule has 0 amide bonds. The van der Waals surface area contributed by atoms with E-state index in [4.69, 9.17) is 0 Å². The summed E-state index contributed by atoms with van der Waals surface area (Å²) in [6, 6.07) is -21.6. The molecule has 0 aromatic heterocycles. The number of hydrogen-bond donors (Lipinski definition) is 0. The molecular weight excluding hydrogens is 507 g/mol. The van der Waals surface area contributed by atoms with Crippen LogP contribution < -0.4 is 0 Å². The number of ether oxygens (including phenoxy) is 1. The lowest BCUT2D eigenvalue weighted by molar-refractivity contribution is -0.590. The van der Waals surface area contributed by atoms with Gasteiger partial charge in [0, 0.05) is 0 Å². The van der Waals surface area contributed by atoms with Crippen molar-refractivity contribution >= 4 is 22.6 Å². The van der Waals surface area contributed by atoms with Gasteiger partial charge in [-0.15, -0.1) is 4.90 Å². The van der Waals surface area contributed by atoms with Crippen LogP contribution in [-0.2, 0) is 4.74 Å². The first-order chi connectivity index (χ1) is 10.1. The van der Waals surface area contributed by atoms with Gasteiger partial charge in [-0.2, -0.15) is 57.1 Å². The summed E-state index contributed by atoms with van der Waals surface area (Å²) >= 11 is -0.996. The molecule has 1 aliphatic heterocycles. The van der Waals surface area contributed by atoms with Crippen LogP contribution in [0.2, 0.25) is 0 Å². The fourth-order valence-electron chi connectivity index (χ4n) is 1.38. The molecule has 0 N–H and O–H groups in total. The summed E-state index contributed by atoms with van der Waals surface area (Å²) in [6.45, 7) is 0. The monoisotopic (exact) mass is 507 g/mol. The number of rotatable bonds is 2. The second kappa shape index (κ2) is 5.10. The number of nitrogens with zero attached hydrogens (tertiary/aromatic N) is 1. The highest BCUT2D eigenvalue weighted by molar-refractivity contribution is 14.1. The topological polar surface area (TPSA) is 12.5 Å². The van der Waals surface area contributed by atoms with Gasteiger partial charge in [-0.25, -0.2) is 9.13 Å². The first kappa shape index (κ1) is 21.7. The van der Waals surface area contributed by atoms with E-state index in [0.717, 1.165) is 0 Å². The molecule has 2 nitrogen and oxygen atoms in total. The molecule has 0 bridgehead atoms. The SMILES string of the molecule is FC(F)(F)C(F)(I)C(F)(F)N1C(F)(F)C(F)(F)OC(F)(F)C1(F)F. The van der Waals surface area contributed by atoms with Crippen molar-refractivity contribution in [2.24, 2.45) is 0 Å². The van der Waals surface area contributed by atoms with Gasteiger partial charge in [0.2, 0.25) is 0 Å². The van der Waals surface area contributed by atoms with Gasteiger partial charge < -0.3 is 0 Å². The number of hydrogen-bond acceptors (Lipinski definition) is 2. The fraction of sp³-hybridized carbons (Fsp3) is 1.00. The van der Waals surface area contributed by atoms with Crippen LogP contribution >= 0.6 is 22.6 Å². The molecular formula is C7F14INO. The Kier molecular flexibility index (Phi) is 4.62. The summed E-state index contributed by atoms with van der Waals surface area (Å²) < 4.78 is 175. The average Bonchev–Trinajstić information content (AvgIpc) is 2.21. The van der Waals surface area contributed by atoms with E-state index >= 15 is 0 Å². The van der Waals surface area contributed by atoms with E-state index in [2.05, 4.69) is 0 Å². The molecule has 24 heavy (non-hydrogen) atoms. The van der Waals surface area contributed by atoms with Crippen LogP contribution in [0.1, 0.15) is 0 Å². The molecule has 17 heteroatoms. The normalized spacial score (nSPS) is 29.1. The van der Waals surface area contributed by atoms with Crippen LogP contribution in [0.5, 0.6) is 0 Å². The zero-order chi connectivity index (χ0) is 19.8. The predicted molar refractivity (Wildman–Crippen MR) is 51.6 cm³/mol. The molecule has 1 saturated heterocycles. The molecule has 0 aliphatic carbocycles. The van der Waals surface area contributed by atoms with Gasteiger partial charge in [0.05, 0.1) is 0 Å². The van der Waals surface area contributed by atoms with Crippen molar-refractivity contribution in [3.8, 4) is 0 Å². The first-order valence-corrected chi connectivity index (χ1v) is 5.99. The third kappa shape index (κ3) is 2.60. The Morgan fingerprint density at radius 3 is 1.21 bits per heavy atom. The van der Waals surface area contributed by atoms with E-state index < -0.39 is 67.7 Å². The first-order valence-electron chi connectivity index (χ1n) is 4.91. The van der Waals surface area contributed by atoms with E-state index in [1.54, 1.807) is 4.74 Å². The molecule has 144 valence electrons. The molecule has 1 unspecified atom stereocenters. The molecule has 1 aliphatic rings. The van der Waals surface area contributed by atoms with Crippen LogP contribution in [0.25, 0.3) is 0 Å². The summed E-state index contributed by atoms with van der Waals surface area (Å²) in [7, 11) is 0. The molecule has 1 fully saturated rings. The van der Waals surface area contributed by atoms with Gasteiger partial charge in [-0.1, -0.05) is 0 Å². The van der Waals surface area contributed by atoms with Crippen molar-refractivity contribution in [1.82, 2.24) is 4.90 Å². The highest BCUT2D eigenvalue weighted by Crippen LogP contribution is 2.63. The Hall–Kier alpha value is -0.330. The van der Waals surface area contributed by atoms with Crippen molar-refractivity contribution in [3.63, 3.8) is 0 Å². The van der Waals surface area contributed by atoms with Crippen LogP contribution in [0.15, 0.2) is 0 Å². The maximum atomic E-state index is 13.4. The van der Waals surface area contributed by atoms with Crippen molar-refractivity contribution in [2.45, 2.75) is 40.2 Å². The molecule has 0 aromatic carbocycles. The fourth-order valence-corrected chi connectivity index (χ4v) is 1.63. The summed E-state index contributed by atoms with van der Waals surface area (Å²) in [4.78, 5) is -3.84. The lowest BCUT2D eigenvalue weighted by Crippen LogP contribution is -2.80. The smallest absolute Gasteiger partial charge is 0.243 e. The minimum absolute atomic E-state index is 0.996. The summed E-state index contributed by atoms with van der Waals surface area (Å²) in [5.41, 5.74) is 0. The third-order valence-corrected chi connectivity index (χ3v) is 3.79. The van der Waals surface area contributed by atoms with E-state index in [1.165, 1.54) is 0 Å². The van der Waals surface area contributed by atoms with Crippen LogP contribution in [0.3, 0.4) is 0 Å². The summed E-state index contributed by atoms with van der Waals surface area (Å²) in [6.07, 6.45) is -20.5. The largest absolute Gasteiger partial charge is 0.439 e. The van der Waals surface area contributed by atoms with Gasteiger partial charge in [0.1, 0.15) is 0 Å². The zero-order valence-electron chi connectivity index (χ0n) is 10.0. The molecule has 0 aromatic rings. The Bertz CT molecular complexity index is 486. The average molecular weight is 507 g/mol. The summed E-state index contributed by atoms with van der Waals surface area (Å²) in [5.74, 6) is 0. The lowest BCUT2D eigenvalue weighted by atomic mass is 10.2. The van der Waals surface area contributed by atoms with Gasteiger partial charge in [0.25, 0.3) is 0 Å². The maximum Gasteiger partial charge on any atom is 0.439 e. The lowest BCUT2D eigenvalue weighted by Gasteiger charge is -2.50. The van der Waals surface area contributed by atoms with Crippen LogP contribution in [0, 0.1) is 0 Å². The van der Waals surface area contributed by atoms with Crippen molar-refractivity contribution in [3.05, 3.63) is 0 Å². The van der Waals surface area contributed by atoms with Crippen LogP contribution in [-0.4, -0.2) is 45.1 Å². The van der Waals surface area contributed by atoms with E-state index in [-0.39, 0.29) is 0 Å². The predicted octanol–water partition coefficient (Wildman–Crippen LogP) is 4.95. The summed E-state index contributed by atoms with van der Waals surface area (Å²) in [5, 5.41) is 0. The number of alkyl halides is 15. The van der Waals surface area contributed by atoms with Crippen molar-refractivity contribution < 1.29 is 66.2 Å². The van der Waals surface area contributed by atoms with Gasteiger partial charge in [-0.3, -0.25) is 0 Å².